The summed E-state index contributed by atoms with van der Waals surface area (Å²) in [4.78, 5) is 11.5. The van der Waals surface area contributed by atoms with Crippen molar-refractivity contribution < 1.29 is 4.79 Å². The number of amides is 1. The molecule has 0 aromatic heterocycles. The van der Waals surface area contributed by atoms with Gasteiger partial charge in [-0.1, -0.05) is 24.3 Å². The van der Waals surface area contributed by atoms with Crippen LogP contribution in [0.25, 0.3) is 0 Å². The number of hydrogen-bond donors (Lipinski definition) is 3. The van der Waals surface area contributed by atoms with Crippen molar-refractivity contribution in [1.82, 2.24) is 0 Å². The van der Waals surface area contributed by atoms with Crippen LogP contribution in [-0.4, -0.2) is 11.9 Å². The van der Waals surface area contributed by atoms with E-state index in [4.69, 9.17) is 11.5 Å². The van der Waals surface area contributed by atoms with Gasteiger partial charge >= 0.3 is 0 Å². The minimum absolute atomic E-state index is 0.271. The number of nitrogens with one attached hydrogen (secondary N) is 1. The van der Waals surface area contributed by atoms with Crippen molar-refractivity contribution in [3.63, 3.8) is 0 Å². The van der Waals surface area contributed by atoms with Gasteiger partial charge < -0.3 is 16.8 Å². The minimum Gasteiger partial charge on any atom is -0.399 e. The highest BCUT2D eigenvalue weighted by atomic mass is 16.1. The van der Waals surface area contributed by atoms with Gasteiger partial charge in [0, 0.05) is 17.4 Å². The standard InChI is InChI=1S/C16H17N3O/c17-12-5-6-14(16(18)20)15(9-12)19-13-7-10-3-1-2-4-11(10)8-13/h1-6,9,13,19H,7-8,17H2,(H2,18,20). The van der Waals surface area contributed by atoms with Crippen LogP contribution in [0.1, 0.15) is 21.5 Å². The van der Waals surface area contributed by atoms with Crippen LogP contribution in [0.15, 0.2) is 42.5 Å². The molecule has 0 fully saturated rings. The van der Waals surface area contributed by atoms with Crippen molar-refractivity contribution in [2.45, 2.75) is 18.9 Å². The fourth-order valence-corrected chi connectivity index (χ4v) is 2.78. The minimum atomic E-state index is -0.442. The molecule has 1 aliphatic carbocycles. The van der Waals surface area contributed by atoms with Crippen molar-refractivity contribution in [3.05, 3.63) is 59.2 Å². The van der Waals surface area contributed by atoms with E-state index in [1.807, 2.05) is 0 Å². The second-order valence-electron chi connectivity index (χ2n) is 5.19. The number of hydrogen-bond acceptors (Lipinski definition) is 3. The Labute approximate surface area is 117 Å². The molecule has 0 aliphatic heterocycles. The Balaban J connectivity index is 1.83. The van der Waals surface area contributed by atoms with Gasteiger partial charge in [0.25, 0.3) is 5.91 Å². The highest BCUT2D eigenvalue weighted by Crippen LogP contribution is 2.26. The number of primary amides is 1. The van der Waals surface area contributed by atoms with Crippen molar-refractivity contribution in [2.24, 2.45) is 5.73 Å². The second kappa shape index (κ2) is 4.89. The van der Waals surface area contributed by atoms with E-state index in [0.29, 0.717) is 11.3 Å². The molecule has 0 heterocycles. The zero-order valence-corrected chi connectivity index (χ0v) is 11.1. The molecule has 3 rings (SSSR count). The van der Waals surface area contributed by atoms with Crippen molar-refractivity contribution in [1.29, 1.82) is 0 Å². The molecule has 0 unspecified atom stereocenters. The lowest BCUT2D eigenvalue weighted by Gasteiger charge is -2.16. The summed E-state index contributed by atoms with van der Waals surface area (Å²) >= 11 is 0. The second-order valence-corrected chi connectivity index (χ2v) is 5.19. The van der Waals surface area contributed by atoms with Crippen LogP contribution in [0.5, 0.6) is 0 Å². The molecule has 0 saturated carbocycles. The molecule has 0 atom stereocenters. The number of fused-ring (bicyclic) bond motifs is 1. The summed E-state index contributed by atoms with van der Waals surface area (Å²) in [6, 6.07) is 13.8. The number of carbonyl (C=O) groups is 1. The molecule has 0 saturated heterocycles. The molecule has 4 nitrogen and oxygen atoms in total. The lowest BCUT2D eigenvalue weighted by atomic mass is 10.1. The summed E-state index contributed by atoms with van der Waals surface area (Å²) in [5.41, 5.74) is 15.7. The average Bonchev–Trinajstić information content (AvgIpc) is 2.80. The number of nitrogen functional groups attached to an aromatic ring is 1. The third kappa shape index (κ3) is 2.32. The fourth-order valence-electron chi connectivity index (χ4n) is 2.78. The predicted octanol–water partition coefficient (Wildman–Crippen LogP) is 1.95. The molecule has 1 amide bonds. The molecule has 0 radical (unpaired) electrons. The van der Waals surface area contributed by atoms with Crippen LogP contribution >= 0.6 is 0 Å². The Hall–Kier alpha value is -2.49. The topological polar surface area (TPSA) is 81.1 Å². The maximum atomic E-state index is 11.5. The van der Waals surface area contributed by atoms with Gasteiger partial charge in [-0.2, -0.15) is 0 Å². The normalized spacial score (nSPS) is 14.0. The highest BCUT2D eigenvalue weighted by molar-refractivity contribution is 5.99. The summed E-state index contributed by atoms with van der Waals surface area (Å²) in [5, 5.41) is 3.40. The lowest BCUT2D eigenvalue weighted by molar-refractivity contribution is 0.100. The maximum absolute atomic E-state index is 11.5. The van der Waals surface area contributed by atoms with E-state index in [9.17, 15) is 4.79 Å². The van der Waals surface area contributed by atoms with Crippen LogP contribution in [0.4, 0.5) is 11.4 Å². The Morgan fingerprint density at radius 3 is 2.35 bits per heavy atom. The van der Waals surface area contributed by atoms with Gasteiger partial charge in [0.05, 0.1) is 5.56 Å². The summed E-state index contributed by atoms with van der Waals surface area (Å²) in [6.07, 6.45) is 1.90. The molecule has 20 heavy (non-hydrogen) atoms. The third-order valence-electron chi connectivity index (χ3n) is 3.72. The average molecular weight is 267 g/mol. The first-order valence-electron chi connectivity index (χ1n) is 6.66. The zero-order chi connectivity index (χ0) is 14.1. The first-order valence-corrected chi connectivity index (χ1v) is 6.66. The van der Waals surface area contributed by atoms with E-state index in [-0.39, 0.29) is 6.04 Å². The smallest absolute Gasteiger partial charge is 0.250 e. The third-order valence-corrected chi connectivity index (χ3v) is 3.72. The van der Waals surface area contributed by atoms with Crippen LogP contribution < -0.4 is 16.8 Å². The lowest BCUT2D eigenvalue weighted by Crippen LogP contribution is -2.23. The number of anilines is 2. The van der Waals surface area contributed by atoms with Crippen LogP contribution in [-0.2, 0) is 12.8 Å². The molecular weight excluding hydrogens is 250 g/mol. The Morgan fingerprint density at radius 1 is 1.10 bits per heavy atom. The van der Waals surface area contributed by atoms with Gasteiger partial charge in [-0.25, -0.2) is 0 Å². The van der Waals surface area contributed by atoms with E-state index >= 15 is 0 Å². The van der Waals surface area contributed by atoms with Gasteiger partial charge in [0.15, 0.2) is 0 Å². The Morgan fingerprint density at radius 2 is 1.75 bits per heavy atom. The van der Waals surface area contributed by atoms with Crippen LogP contribution in [0.2, 0.25) is 0 Å². The predicted molar refractivity (Wildman–Crippen MR) is 80.6 cm³/mol. The van der Waals surface area contributed by atoms with Gasteiger partial charge in [-0.05, 0) is 42.2 Å². The van der Waals surface area contributed by atoms with Gasteiger partial charge in [0.1, 0.15) is 0 Å². The summed E-state index contributed by atoms with van der Waals surface area (Å²) in [5.74, 6) is -0.442. The van der Waals surface area contributed by atoms with Gasteiger partial charge in [0.2, 0.25) is 0 Å². The van der Waals surface area contributed by atoms with E-state index < -0.39 is 5.91 Å². The van der Waals surface area contributed by atoms with Crippen molar-refractivity contribution in [3.8, 4) is 0 Å². The number of benzene rings is 2. The molecule has 1 aliphatic rings. The maximum Gasteiger partial charge on any atom is 0.250 e. The fraction of sp³-hybridized carbons (Fsp3) is 0.188. The SMILES string of the molecule is NC(=O)c1ccc(N)cc1NC1Cc2ccccc2C1. The first kappa shape index (κ1) is 12.5. The van der Waals surface area contributed by atoms with E-state index in [2.05, 4.69) is 29.6 Å². The van der Waals surface area contributed by atoms with E-state index in [1.165, 1.54) is 11.1 Å². The highest BCUT2D eigenvalue weighted by Gasteiger charge is 2.22. The number of nitrogens with two attached hydrogens (primary N) is 2. The largest absolute Gasteiger partial charge is 0.399 e. The zero-order valence-electron chi connectivity index (χ0n) is 11.1. The van der Waals surface area contributed by atoms with Crippen molar-refractivity contribution >= 4 is 17.3 Å². The van der Waals surface area contributed by atoms with Gasteiger partial charge in [-0.15, -0.1) is 0 Å². The van der Waals surface area contributed by atoms with Gasteiger partial charge in [-0.3, -0.25) is 4.79 Å². The monoisotopic (exact) mass is 267 g/mol. The van der Waals surface area contributed by atoms with E-state index in [0.717, 1.165) is 18.5 Å². The van der Waals surface area contributed by atoms with Crippen molar-refractivity contribution in [2.75, 3.05) is 11.1 Å². The summed E-state index contributed by atoms with van der Waals surface area (Å²) < 4.78 is 0. The molecule has 4 heteroatoms. The summed E-state index contributed by atoms with van der Waals surface area (Å²) in [7, 11) is 0. The summed E-state index contributed by atoms with van der Waals surface area (Å²) in [6.45, 7) is 0. The van der Waals surface area contributed by atoms with Crippen LogP contribution in [0.3, 0.4) is 0 Å². The molecule has 2 aromatic rings. The Kier molecular flexibility index (Phi) is 3.06. The first-order chi connectivity index (χ1) is 9.63. The van der Waals surface area contributed by atoms with E-state index in [1.54, 1.807) is 18.2 Å². The quantitative estimate of drug-likeness (QED) is 0.743. The molecule has 0 spiro atoms. The Bertz CT molecular complexity index is 642. The molecular formula is C16H17N3O. The molecule has 2 aromatic carbocycles. The molecule has 102 valence electrons. The molecule has 0 bridgehead atoms. The molecule has 5 N–H and O–H groups in total. The number of rotatable bonds is 3. The number of carbonyl (C=O) groups excluding carboxylic acids is 1. The van der Waals surface area contributed by atoms with Crippen LogP contribution in [0, 0.1) is 0 Å².